The van der Waals surface area contributed by atoms with E-state index in [1.54, 1.807) is 20.8 Å². The summed E-state index contributed by atoms with van der Waals surface area (Å²) in [6.07, 6.45) is 0. The van der Waals surface area contributed by atoms with E-state index in [1.807, 2.05) is 0 Å². The molecule has 2 amide bonds. The molecule has 0 aliphatic carbocycles. The van der Waals surface area contributed by atoms with Crippen LogP contribution in [0.4, 0.5) is 0 Å². The molecule has 8 heteroatoms. The van der Waals surface area contributed by atoms with Crippen LogP contribution >= 0.6 is 11.8 Å². The number of hydrogen-bond acceptors (Lipinski definition) is 5. The fourth-order valence-corrected chi connectivity index (χ4v) is 4.90. The van der Waals surface area contributed by atoms with Gasteiger partial charge in [0.05, 0.1) is 0 Å². The van der Waals surface area contributed by atoms with Crippen molar-refractivity contribution in [1.29, 1.82) is 0 Å². The van der Waals surface area contributed by atoms with Crippen LogP contribution in [0.25, 0.3) is 0 Å². The highest BCUT2D eigenvalue weighted by Gasteiger charge is 2.70. The van der Waals surface area contributed by atoms with Crippen molar-refractivity contribution in [3.63, 3.8) is 0 Å². The number of nitrogens with zero attached hydrogens (tertiary/aromatic N) is 1. The summed E-state index contributed by atoms with van der Waals surface area (Å²) >= 11 is 1.37. The van der Waals surface area contributed by atoms with Crippen molar-refractivity contribution in [2.75, 3.05) is 0 Å². The maximum Gasteiger partial charge on any atom is 0.327 e. The Bertz CT molecular complexity index is 732. The number of phenolic OH excluding ortho intramolecular Hbond substituents is 1. The lowest BCUT2D eigenvalue weighted by Crippen LogP contribution is -2.78. The first-order chi connectivity index (χ1) is 11.1. The van der Waals surface area contributed by atoms with Gasteiger partial charge in [0.25, 0.3) is 11.8 Å². The Hall–Kier alpha value is -2.22. The quantitative estimate of drug-likeness (QED) is 0.703. The Morgan fingerprint density at radius 3 is 2.33 bits per heavy atom. The van der Waals surface area contributed by atoms with Crippen molar-refractivity contribution in [2.24, 2.45) is 0 Å². The minimum Gasteiger partial charge on any atom is -0.508 e. The largest absolute Gasteiger partial charge is 0.508 e. The molecule has 0 radical (unpaired) electrons. The van der Waals surface area contributed by atoms with E-state index in [2.05, 4.69) is 5.32 Å². The minimum atomic E-state index is -1.15. The van der Waals surface area contributed by atoms with E-state index in [0.29, 0.717) is 5.56 Å². The molecular formula is C16H18N2O5S. The van der Waals surface area contributed by atoms with Crippen molar-refractivity contribution in [1.82, 2.24) is 10.2 Å². The smallest absolute Gasteiger partial charge is 0.327 e. The van der Waals surface area contributed by atoms with E-state index in [0.717, 1.165) is 0 Å². The Morgan fingerprint density at radius 1 is 1.21 bits per heavy atom. The van der Waals surface area contributed by atoms with Crippen LogP contribution in [0.2, 0.25) is 0 Å². The average Bonchev–Trinajstić information content (AvgIpc) is 2.77. The minimum absolute atomic E-state index is 0.0426. The molecule has 7 nitrogen and oxygen atoms in total. The summed E-state index contributed by atoms with van der Waals surface area (Å²) < 4.78 is -0.646. The van der Waals surface area contributed by atoms with Gasteiger partial charge >= 0.3 is 5.97 Å². The Balaban J connectivity index is 1.83. The third-order valence-electron chi connectivity index (χ3n) is 4.51. The number of fused-ring (bicyclic) bond motifs is 1. The summed E-state index contributed by atoms with van der Waals surface area (Å²) in [6.45, 7) is 5.18. The van der Waals surface area contributed by atoms with Gasteiger partial charge in [-0.2, -0.15) is 0 Å². The zero-order valence-corrected chi connectivity index (χ0v) is 14.3. The number of carboxylic acids is 1. The zero-order chi connectivity index (χ0) is 17.9. The molecule has 0 bridgehead atoms. The van der Waals surface area contributed by atoms with Crippen molar-refractivity contribution in [3.05, 3.63) is 29.8 Å². The lowest BCUT2D eigenvalue weighted by molar-refractivity contribution is -0.165. The third kappa shape index (κ3) is 2.24. The van der Waals surface area contributed by atoms with E-state index in [-0.39, 0.29) is 5.75 Å². The van der Waals surface area contributed by atoms with Gasteiger partial charge in [0.2, 0.25) is 0 Å². The monoisotopic (exact) mass is 350 g/mol. The first-order valence-corrected chi connectivity index (χ1v) is 8.31. The number of phenols is 1. The van der Waals surface area contributed by atoms with Gasteiger partial charge in [0, 0.05) is 10.3 Å². The fourth-order valence-electron chi connectivity index (χ4n) is 3.26. The molecule has 2 aliphatic rings. The van der Waals surface area contributed by atoms with Gasteiger partial charge in [-0.1, -0.05) is 0 Å². The summed E-state index contributed by atoms with van der Waals surface area (Å²) in [5.41, 5.74) is -0.835. The van der Waals surface area contributed by atoms with Gasteiger partial charge in [0.15, 0.2) is 0 Å². The van der Waals surface area contributed by atoms with Crippen LogP contribution in [0.3, 0.4) is 0 Å². The Labute approximate surface area is 143 Å². The van der Waals surface area contributed by atoms with Gasteiger partial charge < -0.3 is 20.4 Å². The second-order valence-corrected chi connectivity index (χ2v) is 8.46. The molecule has 0 saturated carbocycles. The van der Waals surface area contributed by atoms with Crippen LogP contribution in [-0.4, -0.2) is 54.6 Å². The van der Waals surface area contributed by atoms with Gasteiger partial charge in [-0.3, -0.25) is 9.59 Å². The van der Waals surface area contributed by atoms with Crippen LogP contribution in [-0.2, 0) is 9.59 Å². The first kappa shape index (κ1) is 16.6. The predicted octanol–water partition coefficient (Wildman–Crippen LogP) is 1.03. The van der Waals surface area contributed by atoms with Crippen LogP contribution in [0, 0.1) is 0 Å². The maximum atomic E-state index is 12.6. The topological polar surface area (TPSA) is 107 Å². The van der Waals surface area contributed by atoms with Crippen LogP contribution < -0.4 is 5.32 Å². The normalized spacial score (nSPS) is 30.5. The fraction of sp³-hybridized carbons (Fsp3) is 0.438. The molecular weight excluding hydrogens is 332 g/mol. The SMILES string of the molecule is CC1(C)S[C@H]2N(C(=O)[C@]2(C)NC(=O)c2ccc(O)cc2)[C@H]1C(=O)O. The highest BCUT2D eigenvalue weighted by molar-refractivity contribution is 8.01. The molecule has 128 valence electrons. The van der Waals surface area contributed by atoms with Crippen LogP contribution in [0.5, 0.6) is 5.75 Å². The lowest BCUT2D eigenvalue weighted by Gasteiger charge is -2.51. The molecule has 2 aliphatic heterocycles. The standard InChI is InChI=1S/C16H18N2O5S/c1-15(2)10(12(21)22)18-13(23)16(3,14(18)24-15)17-11(20)8-4-6-9(19)7-5-8/h4-7,10,14,19H,1-3H3,(H,17,20)(H,21,22)/t10-,14+,16-/m0/s1. The van der Waals surface area contributed by atoms with Crippen molar-refractivity contribution < 1.29 is 24.6 Å². The predicted molar refractivity (Wildman–Crippen MR) is 87.7 cm³/mol. The molecule has 2 fully saturated rings. The number of rotatable bonds is 3. The number of thioether (sulfide) groups is 1. The number of benzene rings is 1. The molecule has 2 saturated heterocycles. The van der Waals surface area contributed by atoms with Crippen molar-refractivity contribution in [2.45, 2.75) is 42.5 Å². The number of amides is 2. The van der Waals surface area contributed by atoms with Crippen LogP contribution in [0.1, 0.15) is 31.1 Å². The molecule has 2 heterocycles. The van der Waals surface area contributed by atoms with Gasteiger partial charge in [-0.15, -0.1) is 11.8 Å². The molecule has 1 aromatic carbocycles. The van der Waals surface area contributed by atoms with Crippen LogP contribution in [0.15, 0.2) is 24.3 Å². The lowest BCUT2D eigenvalue weighted by atomic mass is 9.86. The zero-order valence-electron chi connectivity index (χ0n) is 13.4. The van der Waals surface area contributed by atoms with E-state index in [4.69, 9.17) is 0 Å². The third-order valence-corrected chi connectivity index (χ3v) is 6.27. The molecule has 3 atom stereocenters. The molecule has 3 rings (SSSR count). The van der Waals surface area contributed by atoms with E-state index < -0.39 is 39.5 Å². The maximum absolute atomic E-state index is 12.6. The highest BCUT2D eigenvalue weighted by Crippen LogP contribution is 2.54. The molecule has 1 aromatic rings. The van der Waals surface area contributed by atoms with E-state index in [9.17, 15) is 24.6 Å². The second-order valence-electron chi connectivity index (χ2n) is 6.73. The molecule has 0 unspecified atom stereocenters. The summed E-state index contributed by atoms with van der Waals surface area (Å²) in [6, 6.07) is 4.78. The summed E-state index contributed by atoms with van der Waals surface area (Å²) in [7, 11) is 0. The number of carbonyl (C=O) groups is 3. The number of aliphatic carboxylic acids is 1. The molecule has 0 spiro atoms. The average molecular weight is 350 g/mol. The van der Waals surface area contributed by atoms with E-state index in [1.165, 1.54) is 40.9 Å². The molecule has 0 aromatic heterocycles. The van der Waals surface area contributed by atoms with Crippen molar-refractivity contribution >= 4 is 29.5 Å². The Kier molecular flexibility index (Phi) is 3.56. The number of carboxylic acid groups (broad SMARTS) is 1. The number of hydrogen-bond donors (Lipinski definition) is 3. The highest BCUT2D eigenvalue weighted by atomic mass is 32.2. The summed E-state index contributed by atoms with van der Waals surface area (Å²) in [5, 5.41) is 21.0. The number of nitrogens with one attached hydrogen (secondary N) is 1. The second kappa shape index (κ2) is 5.14. The number of aromatic hydroxyl groups is 1. The van der Waals surface area contributed by atoms with Gasteiger partial charge in [0.1, 0.15) is 22.7 Å². The molecule has 24 heavy (non-hydrogen) atoms. The molecule has 3 N–H and O–H groups in total. The Morgan fingerprint density at radius 2 is 1.79 bits per heavy atom. The first-order valence-electron chi connectivity index (χ1n) is 7.43. The van der Waals surface area contributed by atoms with Gasteiger partial charge in [-0.05, 0) is 45.0 Å². The van der Waals surface area contributed by atoms with E-state index >= 15 is 0 Å². The number of carbonyl (C=O) groups excluding carboxylic acids is 2. The number of β-lactam (4-membered cyclic amide) rings is 1. The van der Waals surface area contributed by atoms with Gasteiger partial charge in [-0.25, -0.2) is 4.79 Å². The summed E-state index contributed by atoms with van der Waals surface area (Å²) in [5.74, 6) is -1.84. The van der Waals surface area contributed by atoms with Crippen molar-refractivity contribution in [3.8, 4) is 5.75 Å². The summed E-state index contributed by atoms with van der Waals surface area (Å²) in [4.78, 5) is 37.8.